The molecule has 0 spiro atoms. The minimum absolute atomic E-state index is 0.129. The molecule has 0 amide bonds. The van der Waals surface area contributed by atoms with Crippen LogP contribution in [-0.4, -0.2) is 51.0 Å². The standard InChI is InChI=1S/C15H24N2O2/c1-11-4-6-12(7-5-11)13(8-16)17-9-14(18-2)15(10-17)19-3/h4-7,13-15H,8-10,16H2,1-3H3. The molecule has 106 valence electrons. The van der Waals surface area contributed by atoms with Gasteiger partial charge in [0, 0.05) is 39.9 Å². The Morgan fingerprint density at radius 1 is 1.16 bits per heavy atom. The first-order valence-corrected chi connectivity index (χ1v) is 6.75. The van der Waals surface area contributed by atoms with Crippen LogP contribution in [0.25, 0.3) is 0 Å². The summed E-state index contributed by atoms with van der Waals surface area (Å²) in [4.78, 5) is 2.35. The highest BCUT2D eigenvalue weighted by molar-refractivity contribution is 5.24. The molecule has 4 heteroatoms. The minimum atomic E-state index is 0.129. The predicted octanol–water partition coefficient (Wildman–Crippen LogP) is 1.34. The van der Waals surface area contributed by atoms with E-state index in [1.807, 2.05) is 0 Å². The Morgan fingerprint density at radius 2 is 1.68 bits per heavy atom. The van der Waals surface area contributed by atoms with Gasteiger partial charge in [0.2, 0.25) is 0 Å². The molecule has 19 heavy (non-hydrogen) atoms. The van der Waals surface area contributed by atoms with Gasteiger partial charge in [-0.1, -0.05) is 29.8 Å². The molecule has 0 saturated carbocycles. The zero-order chi connectivity index (χ0) is 13.8. The fraction of sp³-hybridized carbons (Fsp3) is 0.600. The number of ether oxygens (including phenoxy) is 2. The first kappa shape index (κ1) is 14.5. The van der Waals surface area contributed by atoms with Crippen molar-refractivity contribution in [2.75, 3.05) is 33.9 Å². The van der Waals surface area contributed by atoms with Gasteiger partial charge in [0.1, 0.15) is 0 Å². The Morgan fingerprint density at radius 3 is 2.11 bits per heavy atom. The van der Waals surface area contributed by atoms with E-state index in [9.17, 15) is 0 Å². The van der Waals surface area contributed by atoms with Crippen molar-refractivity contribution in [3.05, 3.63) is 35.4 Å². The third-order valence-corrected chi connectivity index (χ3v) is 3.98. The third kappa shape index (κ3) is 3.15. The lowest BCUT2D eigenvalue weighted by Gasteiger charge is -2.27. The summed E-state index contributed by atoms with van der Waals surface area (Å²) in [5.74, 6) is 0. The smallest absolute Gasteiger partial charge is 0.0972 e. The van der Waals surface area contributed by atoms with Gasteiger partial charge in [0.05, 0.1) is 12.2 Å². The van der Waals surface area contributed by atoms with Crippen LogP contribution in [-0.2, 0) is 9.47 Å². The van der Waals surface area contributed by atoms with Crippen LogP contribution in [0.3, 0.4) is 0 Å². The summed E-state index contributed by atoms with van der Waals surface area (Å²) < 4.78 is 11.0. The van der Waals surface area contributed by atoms with E-state index >= 15 is 0 Å². The van der Waals surface area contributed by atoms with Crippen LogP contribution >= 0.6 is 0 Å². The van der Waals surface area contributed by atoms with Gasteiger partial charge in [0.15, 0.2) is 0 Å². The predicted molar refractivity (Wildman–Crippen MR) is 76.1 cm³/mol. The first-order chi connectivity index (χ1) is 9.19. The molecule has 2 N–H and O–H groups in total. The van der Waals surface area contributed by atoms with E-state index < -0.39 is 0 Å². The second kappa shape index (κ2) is 6.48. The average Bonchev–Trinajstić information content (AvgIpc) is 2.85. The van der Waals surface area contributed by atoms with Crippen molar-refractivity contribution >= 4 is 0 Å². The highest BCUT2D eigenvalue weighted by Crippen LogP contribution is 2.26. The summed E-state index contributed by atoms with van der Waals surface area (Å²) >= 11 is 0. The molecule has 2 rings (SSSR count). The van der Waals surface area contributed by atoms with Crippen LogP contribution in [0.5, 0.6) is 0 Å². The Balaban J connectivity index is 2.12. The van der Waals surface area contributed by atoms with Gasteiger partial charge in [-0.2, -0.15) is 0 Å². The lowest BCUT2D eigenvalue weighted by molar-refractivity contribution is -0.00461. The number of rotatable bonds is 5. The maximum Gasteiger partial charge on any atom is 0.0972 e. The maximum absolute atomic E-state index is 5.97. The van der Waals surface area contributed by atoms with Gasteiger partial charge in [0.25, 0.3) is 0 Å². The highest BCUT2D eigenvalue weighted by atomic mass is 16.5. The van der Waals surface area contributed by atoms with E-state index in [0.717, 1.165) is 13.1 Å². The number of benzene rings is 1. The summed E-state index contributed by atoms with van der Waals surface area (Å²) in [5, 5.41) is 0. The fourth-order valence-electron chi connectivity index (χ4n) is 2.76. The van der Waals surface area contributed by atoms with Crippen molar-refractivity contribution in [1.29, 1.82) is 0 Å². The molecule has 0 aliphatic carbocycles. The molecule has 3 unspecified atom stereocenters. The second-order valence-electron chi connectivity index (χ2n) is 5.16. The maximum atomic E-state index is 5.97. The van der Waals surface area contributed by atoms with Crippen molar-refractivity contribution in [2.45, 2.75) is 25.2 Å². The minimum Gasteiger partial charge on any atom is -0.377 e. The summed E-state index contributed by atoms with van der Waals surface area (Å²) in [6.07, 6.45) is 0.258. The Labute approximate surface area is 115 Å². The molecule has 1 aliphatic rings. The molecule has 0 aromatic heterocycles. The molecule has 1 aliphatic heterocycles. The third-order valence-electron chi connectivity index (χ3n) is 3.98. The van der Waals surface area contributed by atoms with E-state index in [0.29, 0.717) is 6.54 Å². The summed E-state index contributed by atoms with van der Waals surface area (Å²) in [6.45, 7) is 4.43. The molecule has 1 heterocycles. The molecule has 4 nitrogen and oxygen atoms in total. The van der Waals surface area contributed by atoms with E-state index in [2.05, 4.69) is 36.1 Å². The van der Waals surface area contributed by atoms with Crippen molar-refractivity contribution in [3.63, 3.8) is 0 Å². The lowest BCUT2D eigenvalue weighted by Crippen LogP contribution is -2.33. The molecule has 0 bridgehead atoms. The normalized spacial score (nSPS) is 25.7. The lowest BCUT2D eigenvalue weighted by atomic mass is 10.0. The van der Waals surface area contributed by atoms with E-state index in [1.165, 1.54) is 11.1 Å². The zero-order valence-corrected chi connectivity index (χ0v) is 12.0. The number of nitrogens with two attached hydrogens (primary N) is 1. The molecule has 3 atom stereocenters. The monoisotopic (exact) mass is 264 g/mol. The van der Waals surface area contributed by atoms with Gasteiger partial charge in [-0.25, -0.2) is 0 Å². The van der Waals surface area contributed by atoms with Crippen molar-refractivity contribution in [1.82, 2.24) is 4.90 Å². The summed E-state index contributed by atoms with van der Waals surface area (Å²) in [6, 6.07) is 8.83. The Kier molecular flexibility index (Phi) is 4.93. The van der Waals surface area contributed by atoms with Gasteiger partial charge in [-0.15, -0.1) is 0 Å². The van der Waals surface area contributed by atoms with Gasteiger partial charge in [-0.05, 0) is 12.5 Å². The highest BCUT2D eigenvalue weighted by Gasteiger charge is 2.36. The molecule has 1 aromatic carbocycles. The SMILES string of the molecule is COC1CN(C(CN)c2ccc(C)cc2)CC1OC. The van der Waals surface area contributed by atoms with Gasteiger partial charge < -0.3 is 15.2 Å². The Hall–Kier alpha value is -0.940. The zero-order valence-electron chi connectivity index (χ0n) is 12.0. The number of likely N-dealkylation sites (tertiary alicyclic amines) is 1. The van der Waals surface area contributed by atoms with Crippen LogP contribution in [0.2, 0.25) is 0 Å². The van der Waals surface area contributed by atoms with Crippen LogP contribution in [0.15, 0.2) is 24.3 Å². The number of methoxy groups -OCH3 is 2. The molecule has 1 aromatic rings. The largest absolute Gasteiger partial charge is 0.377 e. The van der Waals surface area contributed by atoms with Gasteiger partial charge >= 0.3 is 0 Å². The van der Waals surface area contributed by atoms with Crippen LogP contribution in [0, 0.1) is 6.92 Å². The fourth-order valence-corrected chi connectivity index (χ4v) is 2.76. The van der Waals surface area contributed by atoms with E-state index in [4.69, 9.17) is 15.2 Å². The quantitative estimate of drug-likeness (QED) is 0.872. The summed E-state index contributed by atoms with van der Waals surface area (Å²) in [5.41, 5.74) is 8.51. The van der Waals surface area contributed by atoms with E-state index in [-0.39, 0.29) is 18.2 Å². The number of hydrogen-bond donors (Lipinski definition) is 1. The number of aryl methyl sites for hydroxylation is 1. The van der Waals surface area contributed by atoms with Crippen LogP contribution in [0.4, 0.5) is 0 Å². The van der Waals surface area contributed by atoms with Crippen LogP contribution in [0.1, 0.15) is 17.2 Å². The summed E-state index contributed by atoms with van der Waals surface area (Å²) in [7, 11) is 3.48. The average molecular weight is 264 g/mol. The topological polar surface area (TPSA) is 47.7 Å². The molecule has 1 fully saturated rings. The first-order valence-electron chi connectivity index (χ1n) is 6.75. The molecule has 1 saturated heterocycles. The van der Waals surface area contributed by atoms with E-state index in [1.54, 1.807) is 14.2 Å². The van der Waals surface area contributed by atoms with Crippen molar-refractivity contribution in [3.8, 4) is 0 Å². The van der Waals surface area contributed by atoms with Crippen molar-refractivity contribution in [2.24, 2.45) is 5.73 Å². The second-order valence-corrected chi connectivity index (χ2v) is 5.16. The van der Waals surface area contributed by atoms with Crippen LogP contribution < -0.4 is 5.73 Å². The van der Waals surface area contributed by atoms with Crippen molar-refractivity contribution < 1.29 is 9.47 Å². The Bertz CT molecular complexity index is 382. The van der Waals surface area contributed by atoms with Gasteiger partial charge in [-0.3, -0.25) is 4.90 Å². The molecular weight excluding hydrogens is 240 g/mol. The number of nitrogens with zero attached hydrogens (tertiary/aromatic N) is 1. The number of hydrogen-bond acceptors (Lipinski definition) is 4. The molecule has 0 radical (unpaired) electrons. The molecular formula is C15H24N2O2.